The molecule has 46 heavy (non-hydrogen) atoms. The maximum absolute atomic E-state index is 12.3. The van der Waals surface area contributed by atoms with Crippen LogP contribution in [0.3, 0.4) is 0 Å². The largest absolute Gasteiger partial charge is 0.466 e. The number of para-hydroxylation sites is 1. The van der Waals surface area contributed by atoms with E-state index in [4.69, 9.17) is 14.5 Å². The molecule has 0 fully saturated rings. The Bertz CT molecular complexity index is 1500. The molecular formula is C38H51N4O4+. The first kappa shape index (κ1) is 34.8. The summed E-state index contributed by atoms with van der Waals surface area (Å²) in [6.07, 6.45) is 18.3. The van der Waals surface area contributed by atoms with Gasteiger partial charge < -0.3 is 18.9 Å². The number of unbranched alkanes of at least 4 members (excludes halogenated alkanes) is 3. The van der Waals surface area contributed by atoms with Gasteiger partial charge in [0.15, 0.2) is 5.82 Å². The number of pyridine rings is 1. The number of carbonyl (C=O) groups is 2. The second-order valence-corrected chi connectivity index (χ2v) is 13.2. The zero-order valence-electron chi connectivity index (χ0n) is 28.6. The minimum atomic E-state index is -0.379. The van der Waals surface area contributed by atoms with Gasteiger partial charge in [-0.3, -0.25) is 4.79 Å². The average molecular weight is 628 g/mol. The van der Waals surface area contributed by atoms with Gasteiger partial charge in [-0.2, -0.15) is 0 Å². The van der Waals surface area contributed by atoms with Crippen LogP contribution in [0.25, 0.3) is 5.57 Å². The highest BCUT2D eigenvalue weighted by molar-refractivity contribution is 6.08. The first-order chi connectivity index (χ1) is 22.1. The van der Waals surface area contributed by atoms with Crippen molar-refractivity contribution in [3.8, 4) is 0 Å². The lowest BCUT2D eigenvalue weighted by Crippen LogP contribution is -2.41. The molecule has 2 aromatic rings. The van der Waals surface area contributed by atoms with Crippen LogP contribution in [0.5, 0.6) is 0 Å². The summed E-state index contributed by atoms with van der Waals surface area (Å²) in [5.74, 6) is 0.200. The summed E-state index contributed by atoms with van der Waals surface area (Å²) >= 11 is 0. The number of fused-ring (bicyclic) bond motifs is 2. The number of anilines is 1. The van der Waals surface area contributed by atoms with Crippen molar-refractivity contribution in [3.05, 3.63) is 83.7 Å². The van der Waals surface area contributed by atoms with Gasteiger partial charge in [-0.15, -0.1) is 0 Å². The molecule has 0 atom stereocenters. The van der Waals surface area contributed by atoms with E-state index in [1.807, 2.05) is 19.1 Å². The lowest BCUT2D eigenvalue weighted by molar-refractivity contribution is -0.890. The lowest BCUT2D eigenvalue weighted by atomic mass is 9.81. The third kappa shape index (κ3) is 9.03. The third-order valence-corrected chi connectivity index (χ3v) is 8.77. The van der Waals surface area contributed by atoms with Crippen LogP contribution in [0, 0.1) is 0 Å². The fourth-order valence-corrected chi connectivity index (χ4v) is 6.03. The van der Waals surface area contributed by atoms with E-state index in [1.165, 1.54) is 30.5 Å². The molecule has 0 N–H and O–H groups in total. The Morgan fingerprint density at radius 1 is 0.978 bits per heavy atom. The highest BCUT2D eigenvalue weighted by Crippen LogP contribution is 2.39. The molecule has 0 unspecified atom stereocenters. The van der Waals surface area contributed by atoms with Crippen molar-refractivity contribution in [1.82, 2.24) is 4.98 Å². The third-order valence-electron chi connectivity index (χ3n) is 8.77. The van der Waals surface area contributed by atoms with Gasteiger partial charge in [-0.1, -0.05) is 50.6 Å². The molecule has 1 aromatic carbocycles. The number of rotatable bonds is 16. The van der Waals surface area contributed by atoms with Gasteiger partial charge in [0, 0.05) is 47.6 Å². The summed E-state index contributed by atoms with van der Waals surface area (Å²) in [5.41, 5.74) is 5.50. The number of hydrogen-bond acceptors (Lipinski definition) is 7. The van der Waals surface area contributed by atoms with Crippen LogP contribution in [0.15, 0.2) is 72.0 Å². The van der Waals surface area contributed by atoms with Crippen LogP contribution >= 0.6 is 0 Å². The van der Waals surface area contributed by atoms with Gasteiger partial charge in [-0.25, -0.2) is 14.8 Å². The van der Waals surface area contributed by atoms with E-state index in [0.717, 1.165) is 53.8 Å². The van der Waals surface area contributed by atoms with Crippen molar-refractivity contribution < 1.29 is 23.5 Å². The topological polar surface area (TPSA) is 81.1 Å². The molecule has 0 radical (unpaired) electrons. The van der Waals surface area contributed by atoms with E-state index in [-0.39, 0.29) is 17.4 Å². The van der Waals surface area contributed by atoms with Crippen molar-refractivity contribution in [2.24, 2.45) is 4.99 Å². The number of hydrogen-bond donors (Lipinski definition) is 0. The highest BCUT2D eigenvalue weighted by atomic mass is 16.5. The van der Waals surface area contributed by atoms with Crippen LogP contribution in [-0.2, 0) is 19.7 Å². The molecule has 0 amide bonds. The molecule has 0 saturated carbocycles. The molecule has 0 spiro atoms. The number of benzene rings is 1. The van der Waals surface area contributed by atoms with Gasteiger partial charge in [0.05, 0.1) is 58.1 Å². The predicted octanol–water partition coefficient (Wildman–Crippen LogP) is 7.58. The SMILES string of the molecule is CCOC(=O)CCC[N+](C)(C)CCCCCCN1C=CC(=CC=CC2=Nc3ncc(C(=O)OCC)cc3C2(C)C)c2ccccc21. The number of nitrogens with zero attached hydrogens (tertiary/aromatic N) is 4. The normalized spacial score (nSPS) is 16.0. The minimum Gasteiger partial charge on any atom is -0.466 e. The van der Waals surface area contributed by atoms with Crippen molar-refractivity contribution in [2.75, 3.05) is 51.8 Å². The van der Waals surface area contributed by atoms with E-state index >= 15 is 0 Å². The minimum absolute atomic E-state index is 0.0878. The number of ether oxygens (including phenoxy) is 2. The number of carbonyl (C=O) groups excluding carboxylic acids is 2. The summed E-state index contributed by atoms with van der Waals surface area (Å²) in [6, 6.07) is 10.4. The van der Waals surface area contributed by atoms with Crippen molar-refractivity contribution >= 4 is 34.7 Å². The molecule has 0 bridgehead atoms. The van der Waals surface area contributed by atoms with Crippen LogP contribution in [-0.4, -0.2) is 74.1 Å². The second-order valence-electron chi connectivity index (χ2n) is 13.2. The second kappa shape index (κ2) is 16.0. The van der Waals surface area contributed by atoms with Crippen LogP contribution in [0.4, 0.5) is 11.5 Å². The standard InChI is InChI=1S/C38H51N4O4/c1-7-45-35(43)21-16-26-42(5,6)25-14-10-9-13-23-41-24-22-29(31-18-11-12-19-33(31)41)17-15-20-34-38(3,4)32-27-30(37(44)46-8-2)28-39-36(32)40-34/h11-12,15,17-20,22,24,27-28H,7-10,13-14,16,21,23,25-26H2,1-6H3/q+1. The van der Waals surface area contributed by atoms with E-state index < -0.39 is 0 Å². The summed E-state index contributed by atoms with van der Waals surface area (Å²) < 4.78 is 11.2. The maximum Gasteiger partial charge on any atom is 0.339 e. The highest BCUT2D eigenvalue weighted by Gasteiger charge is 2.35. The molecule has 2 aliphatic rings. The zero-order chi connectivity index (χ0) is 33.2. The Morgan fingerprint density at radius 3 is 2.50 bits per heavy atom. The molecule has 246 valence electrons. The monoisotopic (exact) mass is 627 g/mol. The fraction of sp³-hybridized carbons (Fsp3) is 0.474. The lowest BCUT2D eigenvalue weighted by Gasteiger charge is -2.30. The van der Waals surface area contributed by atoms with Crippen LogP contribution in [0.2, 0.25) is 0 Å². The Balaban J connectivity index is 1.29. The Hall–Kier alpha value is -4.04. The molecule has 2 aliphatic heterocycles. The Morgan fingerprint density at radius 2 is 1.72 bits per heavy atom. The fourth-order valence-electron chi connectivity index (χ4n) is 6.03. The van der Waals surface area contributed by atoms with Crippen molar-refractivity contribution in [1.29, 1.82) is 0 Å². The zero-order valence-corrected chi connectivity index (χ0v) is 28.6. The van der Waals surface area contributed by atoms with Gasteiger partial charge in [0.25, 0.3) is 0 Å². The molecule has 8 nitrogen and oxygen atoms in total. The average Bonchev–Trinajstić information content (AvgIpc) is 3.28. The first-order valence-corrected chi connectivity index (χ1v) is 16.7. The molecule has 4 rings (SSSR count). The number of aromatic nitrogens is 1. The van der Waals surface area contributed by atoms with Gasteiger partial charge in [-0.05, 0) is 63.0 Å². The number of allylic oxidation sites excluding steroid dienone is 5. The molecule has 1 aromatic heterocycles. The van der Waals surface area contributed by atoms with Crippen molar-refractivity contribution in [3.63, 3.8) is 0 Å². The predicted molar refractivity (Wildman–Crippen MR) is 187 cm³/mol. The quantitative estimate of drug-likeness (QED) is 0.108. The number of quaternary nitrogens is 1. The van der Waals surface area contributed by atoms with E-state index in [0.29, 0.717) is 31.0 Å². The van der Waals surface area contributed by atoms with Crippen LogP contribution in [0.1, 0.15) is 87.7 Å². The van der Waals surface area contributed by atoms with Gasteiger partial charge in [0.1, 0.15) is 0 Å². The molecule has 0 aliphatic carbocycles. The van der Waals surface area contributed by atoms with Gasteiger partial charge in [0.2, 0.25) is 0 Å². The van der Waals surface area contributed by atoms with E-state index in [1.54, 1.807) is 13.1 Å². The van der Waals surface area contributed by atoms with E-state index in [9.17, 15) is 9.59 Å². The molecular weight excluding hydrogens is 576 g/mol. The number of aliphatic imine (C=N–C) groups is 1. The molecule has 3 heterocycles. The first-order valence-electron chi connectivity index (χ1n) is 16.7. The summed E-state index contributed by atoms with van der Waals surface area (Å²) in [7, 11) is 4.50. The van der Waals surface area contributed by atoms with Gasteiger partial charge >= 0.3 is 11.9 Å². The van der Waals surface area contributed by atoms with E-state index in [2.05, 4.69) is 86.5 Å². The number of esters is 2. The Kier molecular flexibility index (Phi) is 12.1. The summed E-state index contributed by atoms with van der Waals surface area (Å²) in [4.78, 5) is 35.5. The van der Waals surface area contributed by atoms with Crippen molar-refractivity contribution in [2.45, 2.75) is 71.6 Å². The Labute approximate surface area is 275 Å². The summed E-state index contributed by atoms with van der Waals surface area (Å²) in [6.45, 7) is 11.7. The smallest absolute Gasteiger partial charge is 0.339 e. The summed E-state index contributed by atoms with van der Waals surface area (Å²) in [5, 5.41) is 0. The van der Waals surface area contributed by atoms with Crippen LogP contribution < -0.4 is 4.90 Å². The molecule has 0 saturated heterocycles. The molecule has 8 heteroatoms. The maximum atomic E-state index is 12.3.